The minimum Gasteiger partial charge on any atom is -0.505 e. The highest BCUT2D eigenvalue weighted by molar-refractivity contribution is 6.06. The summed E-state index contributed by atoms with van der Waals surface area (Å²) < 4.78 is 15.0. The van der Waals surface area contributed by atoms with Gasteiger partial charge in [0, 0.05) is 23.9 Å². The van der Waals surface area contributed by atoms with E-state index in [0.717, 1.165) is 5.56 Å². The van der Waals surface area contributed by atoms with E-state index in [1.807, 2.05) is 19.1 Å². The third-order valence-electron chi connectivity index (χ3n) is 3.43. The monoisotopic (exact) mass is 257 g/mol. The van der Waals surface area contributed by atoms with Crippen LogP contribution in [0.4, 0.5) is 4.39 Å². The van der Waals surface area contributed by atoms with Crippen LogP contribution in [0.15, 0.2) is 35.1 Å². The van der Waals surface area contributed by atoms with Crippen molar-refractivity contribution in [3.8, 4) is 5.75 Å². The zero-order valence-corrected chi connectivity index (χ0v) is 10.6. The molecule has 1 heterocycles. The average molecular weight is 257 g/mol. The summed E-state index contributed by atoms with van der Waals surface area (Å²) in [4.78, 5) is 12.3. The lowest BCUT2D eigenvalue weighted by molar-refractivity contribution is 0.433. The average Bonchev–Trinajstić information content (AvgIpc) is 2.38. The van der Waals surface area contributed by atoms with Crippen molar-refractivity contribution in [2.75, 3.05) is 0 Å². The van der Waals surface area contributed by atoms with Gasteiger partial charge in [-0.2, -0.15) is 0 Å². The molecule has 0 atom stereocenters. The van der Waals surface area contributed by atoms with E-state index in [1.54, 1.807) is 13.1 Å². The molecule has 0 fully saturated rings. The molecule has 0 amide bonds. The molecule has 1 N–H and O–H groups in total. The summed E-state index contributed by atoms with van der Waals surface area (Å²) in [7, 11) is 1.61. The van der Waals surface area contributed by atoms with Crippen LogP contribution in [0.25, 0.3) is 21.7 Å². The number of benzene rings is 2. The second-order valence-electron chi connectivity index (χ2n) is 4.73. The molecule has 0 unspecified atom stereocenters. The normalized spacial score (nSPS) is 11.3. The van der Waals surface area contributed by atoms with Crippen LogP contribution in [0, 0.1) is 12.7 Å². The van der Waals surface area contributed by atoms with Gasteiger partial charge in [0.25, 0.3) is 5.56 Å². The molecule has 19 heavy (non-hydrogen) atoms. The second-order valence-corrected chi connectivity index (χ2v) is 4.73. The Morgan fingerprint density at radius 3 is 2.58 bits per heavy atom. The lowest BCUT2D eigenvalue weighted by Gasteiger charge is -2.10. The fourth-order valence-corrected chi connectivity index (χ4v) is 2.40. The zero-order valence-electron chi connectivity index (χ0n) is 10.6. The molecule has 0 saturated heterocycles. The minimum atomic E-state index is -0.687. The van der Waals surface area contributed by atoms with E-state index in [-0.39, 0.29) is 5.56 Å². The van der Waals surface area contributed by atoms with Gasteiger partial charge in [-0.05, 0) is 24.4 Å². The summed E-state index contributed by atoms with van der Waals surface area (Å²) >= 11 is 0. The predicted molar refractivity (Wildman–Crippen MR) is 73.1 cm³/mol. The number of aromatic nitrogens is 1. The van der Waals surface area contributed by atoms with Gasteiger partial charge >= 0.3 is 0 Å². The Bertz CT molecular complexity index is 881. The Labute approximate surface area is 108 Å². The standard InChI is InChI=1S/C15H12FNO2/c1-8-3-4-9-10-6-12(16)14(18)7-13(10)17(2)15(19)11(9)5-8/h3-7,18H,1-2H3. The fraction of sp³-hybridized carbons (Fsp3) is 0.133. The number of pyridine rings is 1. The molecule has 0 aliphatic heterocycles. The van der Waals surface area contributed by atoms with Gasteiger partial charge in [0.15, 0.2) is 11.6 Å². The molecule has 3 nitrogen and oxygen atoms in total. The first kappa shape index (κ1) is 11.7. The quantitative estimate of drug-likeness (QED) is 0.629. The number of rotatable bonds is 0. The smallest absolute Gasteiger partial charge is 0.258 e. The molecular formula is C15H12FNO2. The molecule has 0 aliphatic rings. The Hall–Kier alpha value is -2.36. The van der Waals surface area contributed by atoms with Gasteiger partial charge in [-0.15, -0.1) is 0 Å². The Balaban J connectivity index is 2.67. The number of fused-ring (bicyclic) bond motifs is 3. The summed E-state index contributed by atoms with van der Waals surface area (Å²) in [5.41, 5.74) is 1.33. The molecule has 1 aromatic heterocycles. The van der Waals surface area contributed by atoms with E-state index in [2.05, 4.69) is 0 Å². The molecule has 0 bridgehead atoms. The number of phenolic OH excluding ortho intramolecular Hbond substituents is 1. The van der Waals surface area contributed by atoms with Gasteiger partial charge in [0.1, 0.15) is 0 Å². The van der Waals surface area contributed by atoms with Crippen LogP contribution >= 0.6 is 0 Å². The molecule has 0 radical (unpaired) electrons. The first-order valence-corrected chi connectivity index (χ1v) is 5.90. The van der Waals surface area contributed by atoms with E-state index in [1.165, 1.54) is 16.7 Å². The number of halogens is 1. The fourth-order valence-electron chi connectivity index (χ4n) is 2.40. The number of hydrogen-bond donors (Lipinski definition) is 1. The van der Waals surface area contributed by atoms with E-state index in [9.17, 15) is 14.3 Å². The van der Waals surface area contributed by atoms with Crippen LogP contribution in [0.2, 0.25) is 0 Å². The Morgan fingerprint density at radius 2 is 1.84 bits per heavy atom. The third-order valence-corrected chi connectivity index (χ3v) is 3.43. The zero-order chi connectivity index (χ0) is 13.7. The van der Waals surface area contributed by atoms with Gasteiger partial charge in [-0.1, -0.05) is 17.7 Å². The molecule has 0 aliphatic carbocycles. The molecule has 3 aromatic rings. The SMILES string of the molecule is Cc1ccc2c(c1)c(=O)n(C)c1cc(O)c(F)cc21. The molecule has 0 spiro atoms. The van der Waals surface area contributed by atoms with Crippen molar-refractivity contribution in [2.24, 2.45) is 7.05 Å². The predicted octanol–water partition coefficient (Wildman–Crippen LogP) is 2.84. The van der Waals surface area contributed by atoms with Crippen molar-refractivity contribution in [3.05, 3.63) is 52.1 Å². The van der Waals surface area contributed by atoms with Crippen molar-refractivity contribution in [2.45, 2.75) is 6.92 Å². The molecule has 4 heteroatoms. The van der Waals surface area contributed by atoms with Gasteiger partial charge in [0.2, 0.25) is 0 Å². The molecule has 3 rings (SSSR count). The minimum absolute atomic E-state index is 0.155. The van der Waals surface area contributed by atoms with Crippen LogP contribution in [0.5, 0.6) is 5.75 Å². The first-order valence-electron chi connectivity index (χ1n) is 5.90. The molecule has 2 aromatic carbocycles. The lowest BCUT2D eigenvalue weighted by Crippen LogP contribution is -2.17. The van der Waals surface area contributed by atoms with E-state index >= 15 is 0 Å². The summed E-state index contributed by atoms with van der Waals surface area (Å²) in [5, 5.41) is 11.3. The summed E-state index contributed by atoms with van der Waals surface area (Å²) in [5.74, 6) is -1.14. The first-order chi connectivity index (χ1) is 8.99. The van der Waals surface area contributed by atoms with Gasteiger partial charge in [-0.25, -0.2) is 4.39 Å². The van der Waals surface area contributed by atoms with E-state index in [4.69, 9.17) is 0 Å². The highest BCUT2D eigenvalue weighted by atomic mass is 19.1. The molecular weight excluding hydrogens is 245 g/mol. The largest absolute Gasteiger partial charge is 0.505 e. The van der Waals surface area contributed by atoms with Crippen LogP contribution in [0.1, 0.15) is 5.56 Å². The van der Waals surface area contributed by atoms with Crippen LogP contribution < -0.4 is 5.56 Å². The second kappa shape index (κ2) is 3.82. The number of aromatic hydroxyl groups is 1. The highest BCUT2D eigenvalue weighted by Crippen LogP contribution is 2.28. The maximum atomic E-state index is 13.6. The van der Waals surface area contributed by atoms with Crippen molar-refractivity contribution in [3.63, 3.8) is 0 Å². The van der Waals surface area contributed by atoms with E-state index in [0.29, 0.717) is 21.7 Å². The maximum absolute atomic E-state index is 13.6. The number of aryl methyl sites for hydroxylation is 2. The third kappa shape index (κ3) is 1.60. The number of hydrogen-bond acceptors (Lipinski definition) is 2. The summed E-state index contributed by atoms with van der Waals surface area (Å²) in [6.45, 7) is 1.90. The number of nitrogens with zero attached hydrogens (tertiary/aromatic N) is 1. The van der Waals surface area contributed by atoms with Gasteiger partial charge in [-0.3, -0.25) is 4.79 Å². The maximum Gasteiger partial charge on any atom is 0.258 e. The van der Waals surface area contributed by atoms with Crippen LogP contribution in [0.3, 0.4) is 0 Å². The topological polar surface area (TPSA) is 42.2 Å². The Morgan fingerprint density at radius 1 is 1.11 bits per heavy atom. The van der Waals surface area contributed by atoms with E-state index < -0.39 is 11.6 Å². The Kier molecular flexibility index (Phi) is 2.35. The summed E-state index contributed by atoms with van der Waals surface area (Å²) in [6.07, 6.45) is 0. The number of phenols is 1. The highest BCUT2D eigenvalue weighted by Gasteiger charge is 2.12. The summed E-state index contributed by atoms with van der Waals surface area (Å²) in [6, 6.07) is 8.03. The van der Waals surface area contributed by atoms with Crippen molar-refractivity contribution in [1.82, 2.24) is 4.57 Å². The van der Waals surface area contributed by atoms with Crippen LogP contribution in [-0.2, 0) is 7.05 Å². The molecule has 0 saturated carbocycles. The van der Waals surface area contributed by atoms with Gasteiger partial charge in [0.05, 0.1) is 5.52 Å². The van der Waals surface area contributed by atoms with Crippen molar-refractivity contribution in [1.29, 1.82) is 0 Å². The molecule has 96 valence electrons. The van der Waals surface area contributed by atoms with Gasteiger partial charge < -0.3 is 9.67 Å². The van der Waals surface area contributed by atoms with Crippen molar-refractivity contribution >= 4 is 21.7 Å². The lowest BCUT2D eigenvalue weighted by atomic mass is 10.0. The van der Waals surface area contributed by atoms with Crippen LogP contribution in [-0.4, -0.2) is 9.67 Å². The van der Waals surface area contributed by atoms with Crippen molar-refractivity contribution < 1.29 is 9.50 Å².